The third-order valence-corrected chi connectivity index (χ3v) is 7.97. The summed E-state index contributed by atoms with van der Waals surface area (Å²) in [6.45, 7) is 1.65. The van der Waals surface area contributed by atoms with Crippen molar-refractivity contribution in [2.45, 2.75) is 32.3 Å². The molecular weight excluding hydrogens is 631 g/mol. The molecule has 6 nitrogen and oxygen atoms in total. The normalized spacial score (nSPS) is 17.9. The first kappa shape index (κ1) is 25.2. The highest BCUT2D eigenvalue weighted by Crippen LogP contribution is 2.33. The molecule has 2 fully saturated rings. The van der Waals surface area contributed by atoms with E-state index in [0.717, 1.165) is 67.3 Å². The molecule has 2 aliphatic heterocycles. The lowest BCUT2D eigenvalue weighted by Crippen LogP contribution is -2.42. The Morgan fingerprint density at radius 2 is 1.76 bits per heavy atom. The maximum atomic E-state index is 12.9. The summed E-state index contributed by atoms with van der Waals surface area (Å²) in [4.78, 5) is 41.1. The van der Waals surface area contributed by atoms with E-state index in [1.165, 1.54) is 0 Å². The lowest BCUT2D eigenvalue weighted by molar-refractivity contribution is -0.135. The number of amides is 3. The van der Waals surface area contributed by atoms with Crippen LogP contribution in [-0.2, 0) is 16.2 Å². The number of rotatable bonds is 6. The molecule has 4 rings (SSSR count). The van der Waals surface area contributed by atoms with Gasteiger partial charge in [-0.1, -0.05) is 47.0 Å². The van der Waals surface area contributed by atoms with Crippen LogP contribution in [0.15, 0.2) is 51.8 Å². The van der Waals surface area contributed by atoms with Crippen LogP contribution in [-0.4, -0.2) is 46.5 Å². The van der Waals surface area contributed by atoms with Crippen LogP contribution in [0.2, 0.25) is 0 Å². The van der Waals surface area contributed by atoms with E-state index in [1.807, 2.05) is 42.5 Å². The van der Waals surface area contributed by atoms with Crippen molar-refractivity contribution in [3.05, 3.63) is 66.5 Å². The van der Waals surface area contributed by atoms with E-state index in [-0.39, 0.29) is 12.5 Å². The predicted molar refractivity (Wildman–Crippen MR) is 145 cm³/mol. The van der Waals surface area contributed by atoms with Crippen molar-refractivity contribution in [3.8, 4) is 5.75 Å². The van der Waals surface area contributed by atoms with Crippen molar-refractivity contribution in [2.24, 2.45) is 0 Å². The van der Waals surface area contributed by atoms with Gasteiger partial charge < -0.3 is 9.64 Å². The fourth-order valence-electron chi connectivity index (χ4n) is 3.81. The minimum atomic E-state index is -0.413. The predicted octanol–water partition coefficient (Wildman–Crippen LogP) is 6.07. The largest absolute Gasteiger partial charge is 0.488 e. The molecule has 9 heteroatoms. The summed E-state index contributed by atoms with van der Waals surface area (Å²) >= 11 is 6.50. The Morgan fingerprint density at radius 3 is 2.44 bits per heavy atom. The lowest BCUT2D eigenvalue weighted by Gasteiger charge is -2.22. The highest BCUT2D eigenvalue weighted by atomic mass is 127. The van der Waals surface area contributed by atoms with Crippen LogP contribution in [0.3, 0.4) is 0 Å². The second kappa shape index (κ2) is 11.7. The fourth-order valence-corrected chi connectivity index (χ4v) is 5.61. The quantitative estimate of drug-likeness (QED) is 0.279. The molecule has 0 aliphatic carbocycles. The summed E-state index contributed by atoms with van der Waals surface area (Å²) in [6, 6.07) is 13.6. The van der Waals surface area contributed by atoms with E-state index in [1.54, 1.807) is 11.0 Å². The van der Waals surface area contributed by atoms with Crippen LogP contribution in [0.1, 0.15) is 36.8 Å². The van der Waals surface area contributed by atoms with Crippen molar-refractivity contribution in [1.82, 2.24) is 9.80 Å². The van der Waals surface area contributed by atoms with Crippen molar-refractivity contribution in [3.63, 3.8) is 0 Å². The minimum absolute atomic E-state index is 0.160. The first-order valence-electron chi connectivity index (χ1n) is 11.1. The van der Waals surface area contributed by atoms with E-state index in [9.17, 15) is 14.4 Å². The lowest BCUT2D eigenvalue weighted by atomic mass is 10.2. The number of likely N-dealkylation sites (tertiary alicyclic amines) is 1. The molecule has 0 aromatic heterocycles. The molecule has 0 N–H and O–H groups in total. The molecular formula is C25H24BrIN2O4S. The smallest absolute Gasteiger partial charge is 0.294 e. The second-order valence-electron chi connectivity index (χ2n) is 8.17. The van der Waals surface area contributed by atoms with E-state index < -0.39 is 11.1 Å². The summed E-state index contributed by atoms with van der Waals surface area (Å²) in [7, 11) is 0. The van der Waals surface area contributed by atoms with Gasteiger partial charge in [0.1, 0.15) is 18.9 Å². The van der Waals surface area contributed by atoms with Gasteiger partial charge in [0.15, 0.2) is 0 Å². The Bertz CT molecular complexity index is 1110. The summed E-state index contributed by atoms with van der Waals surface area (Å²) < 4.78 is 7.85. The topological polar surface area (TPSA) is 66.9 Å². The number of ether oxygens (including phenoxy) is 1. The highest BCUT2D eigenvalue weighted by Gasteiger charge is 2.37. The minimum Gasteiger partial charge on any atom is -0.488 e. The van der Waals surface area contributed by atoms with E-state index in [0.29, 0.717) is 24.6 Å². The van der Waals surface area contributed by atoms with Gasteiger partial charge >= 0.3 is 0 Å². The molecule has 2 aromatic carbocycles. The maximum Gasteiger partial charge on any atom is 0.294 e. The van der Waals surface area contributed by atoms with Crippen molar-refractivity contribution in [1.29, 1.82) is 0 Å². The number of hydrogen-bond acceptors (Lipinski definition) is 5. The van der Waals surface area contributed by atoms with Gasteiger partial charge in [-0.25, -0.2) is 0 Å². The third kappa shape index (κ3) is 6.42. The zero-order chi connectivity index (χ0) is 24.1. The van der Waals surface area contributed by atoms with E-state index >= 15 is 0 Å². The van der Waals surface area contributed by atoms with E-state index in [2.05, 4.69) is 38.5 Å². The van der Waals surface area contributed by atoms with E-state index in [4.69, 9.17) is 4.74 Å². The van der Waals surface area contributed by atoms with Gasteiger partial charge in [0, 0.05) is 17.6 Å². The van der Waals surface area contributed by atoms with Gasteiger partial charge in [-0.05, 0) is 88.7 Å². The Morgan fingerprint density at radius 1 is 1.06 bits per heavy atom. The monoisotopic (exact) mass is 654 g/mol. The number of benzene rings is 2. The Hall–Kier alpha value is -1.85. The average molecular weight is 655 g/mol. The van der Waals surface area contributed by atoms with Crippen LogP contribution >= 0.6 is 50.3 Å². The van der Waals surface area contributed by atoms with Gasteiger partial charge in [-0.3, -0.25) is 19.3 Å². The van der Waals surface area contributed by atoms with Gasteiger partial charge in [0.2, 0.25) is 5.91 Å². The van der Waals surface area contributed by atoms with Gasteiger partial charge in [0.05, 0.1) is 8.48 Å². The molecule has 0 atom stereocenters. The Labute approximate surface area is 225 Å². The molecule has 0 unspecified atom stereocenters. The number of thioether (sulfide) groups is 1. The Kier molecular flexibility index (Phi) is 8.70. The number of carbonyl (C=O) groups is 3. The summed E-state index contributed by atoms with van der Waals surface area (Å²) in [6.07, 6.45) is 5.86. The van der Waals surface area contributed by atoms with Gasteiger partial charge in [-0.15, -0.1) is 0 Å². The fraction of sp³-hybridized carbons (Fsp3) is 0.320. The molecule has 2 aromatic rings. The number of imide groups is 1. The second-order valence-corrected chi connectivity index (χ2v) is 11.2. The standard InChI is InChI=1S/C25H24BrIN2O4S/c26-19-8-5-17(6-9-19)16-33-21-10-7-18(13-20(21)27)14-22-24(31)29(25(32)34-22)15-23(30)28-11-3-1-2-4-12-28/h5-10,13-14H,1-4,11-12,15-16H2. The molecule has 0 radical (unpaired) electrons. The van der Waals surface area contributed by atoms with Crippen molar-refractivity contribution in [2.75, 3.05) is 19.6 Å². The maximum absolute atomic E-state index is 12.9. The molecule has 3 amide bonds. The number of halogens is 2. The van der Waals surface area contributed by atoms with Crippen LogP contribution < -0.4 is 4.74 Å². The summed E-state index contributed by atoms with van der Waals surface area (Å²) in [5.41, 5.74) is 1.86. The average Bonchev–Trinajstić information content (AvgIpc) is 3.01. The Balaban J connectivity index is 1.39. The molecule has 2 aliphatic rings. The summed E-state index contributed by atoms with van der Waals surface area (Å²) in [5, 5.41) is -0.399. The van der Waals surface area contributed by atoms with Crippen LogP contribution in [0.25, 0.3) is 6.08 Å². The first-order chi connectivity index (χ1) is 16.4. The number of hydrogen-bond donors (Lipinski definition) is 0. The number of carbonyl (C=O) groups excluding carboxylic acids is 3. The van der Waals surface area contributed by atoms with Crippen LogP contribution in [0.5, 0.6) is 5.75 Å². The van der Waals surface area contributed by atoms with Crippen molar-refractivity contribution >= 4 is 73.4 Å². The molecule has 0 saturated carbocycles. The SMILES string of the molecule is O=C(CN1C(=O)SC(=Cc2ccc(OCc3ccc(Br)cc3)c(I)c2)C1=O)N1CCCCCC1. The zero-order valence-corrected chi connectivity index (χ0v) is 23.0. The molecule has 178 valence electrons. The molecule has 0 bridgehead atoms. The van der Waals surface area contributed by atoms with Crippen LogP contribution in [0.4, 0.5) is 4.79 Å². The van der Waals surface area contributed by atoms with Gasteiger partial charge in [-0.2, -0.15) is 0 Å². The first-order valence-corrected chi connectivity index (χ1v) is 13.8. The highest BCUT2D eigenvalue weighted by molar-refractivity contribution is 14.1. The summed E-state index contributed by atoms with van der Waals surface area (Å²) in [5.74, 6) is 0.174. The molecule has 0 spiro atoms. The molecule has 34 heavy (non-hydrogen) atoms. The zero-order valence-electron chi connectivity index (χ0n) is 18.5. The van der Waals surface area contributed by atoms with Crippen molar-refractivity contribution < 1.29 is 19.1 Å². The van der Waals surface area contributed by atoms with Gasteiger partial charge in [0.25, 0.3) is 11.1 Å². The number of nitrogens with zero attached hydrogens (tertiary/aromatic N) is 2. The molecule has 2 saturated heterocycles. The molecule has 2 heterocycles. The van der Waals surface area contributed by atoms with Crippen LogP contribution in [0, 0.1) is 3.57 Å². The third-order valence-electron chi connectivity index (χ3n) is 5.69.